The van der Waals surface area contributed by atoms with Gasteiger partial charge in [-0.1, -0.05) is 6.08 Å². The van der Waals surface area contributed by atoms with E-state index in [2.05, 4.69) is 0 Å². The van der Waals surface area contributed by atoms with Crippen LogP contribution in [0.1, 0.15) is 5.56 Å². The molecule has 68 valence electrons. The van der Waals surface area contributed by atoms with E-state index in [0.717, 1.165) is 18.2 Å². The molecule has 4 heteroatoms. The summed E-state index contributed by atoms with van der Waals surface area (Å²) in [5.41, 5.74) is 0.00519. The van der Waals surface area contributed by atoms with Crippen molar-refractivity contribution in [3.8, 4) is 0 Å². The van der Waals surface area contributed by atoms with Crippen LogP contribution in [0.5, 0.6) is 0 Å². The minimum absolute atomic E-state index is 0.00519. The fourth-order valence-electron chi connectivity index (χ4n) is 0.794. The molecule has 0 radical (unpaired) electrons. The molecular weight excluding hydrogens is 178 g/mol. The molecule has 0 aliphatic rings. The van der Waals surface area contributed by atoms with Crippen molar-refractivity contribution in [2.24, 2.45) is 0 Å². The number of carboxylic acids is 1. The lowest BCUT2D eigenvalue weighted by Gasteiger charge is -1.96. The van der Waals surface area contributed by atoms with Crippen molar-refractivity contribution in [1.29, 1.82) is 0 Å². The number of benzene rings is 1. The molecule has 13 heavy (non-hydrogen) atoms. The Morgan fingerprint density at radius 3 is 2.62 bits per heavy atom. The van der Waals surface area contributed by atoms with Crippen LogP contribution < -0.4 is 5.11 Å². The van der Waals surface area contributed by atoms with E-state index in [0.29, 0.717) is 12.1 Å². The molecule has 0 aliphatic heterocycles. The number of carbonyl (C=O) groups excluding carboxylic acids is 1. The van der Waals surface area contributed by atoms with Crippen LogP contribution in [0, 0.1) is 11.6 Å². The first-order chi connectivity index (χ1) is 6.09. The Kier molecular flexibility index (Phi) is 2.74. The van der Waals surface area contributed by atoms with Crippen molar-refractivity contribution in [2.75, 3.05) is 0 Å². The van der Waals surface area contributed by atoms with Crippen molar-refractivity contribution in [3.63, 3.8) is 0 Å². The maximum absolute atomic E-state index is 12.8. The average molecular weight is 183 g/mol. The van der Waals surface area contributed by atoms with Crippen LogP contribution in [0.3, 0.4) is 0 Å². The average Bonchev–Trinajstić information content (AvgIpc) is 2.02. The highest BCUT2D eigenvalue weighted by Crippen LogP contribution is 2.10. The van der Waals surface area contributed by atoms with Gasteiger partial charge in [-0.2, -0.15) is 0 Å². The second-order valence-corrected chi connectivity index (χ2v) is 2.32. The topological polar surface area (TPSA) is 40.1 Å². The van der Waals surface area contributed by atoms with Gasteiger partial charge in [0.2, 0.25) is 0 Å². The standard InChI is InChI=1S/C9H6F2O2/c10-7-3-1-6(8(11)5-7)2-4-9(12)13/h1-5H,(H,12,13)/p-1. The molecule has 2 nitrogen and oxygen atoms in total. The van der Waals surface area contributed by atoms with Gasteiger partial charge in [-0.15, -0.1) is 0 Å². The molecule has 0 N–H and O–H groups in total. The Balaban J connectivity index is 2.96. The third-order valence-corrected chi connectivity index (χ3v) is 1.36. The molecule has 0 amide bonds. The molecule has 0 saturated carbocycles. The van der Waals surface area contributed by atoms with Gasteiger partial charge in [-0.25, -0.2) is 8.78 Å². The van der Waals surface area contributed by atoms with E-state index in [1.807, 2.05) is 0 Å². The van der Waals surface area contributed by atoms with Gasteiger partial charge in [0.25, 0.3) is 0 Å². The SMILES string of the molecule is O=C([O-])C=Cc1ccc(F)cc1F. The van der Waals surface area contributed by atoms with Crippen LogP contribution in [0.15, 0.2) is 24.3 Å². The van der Waals surface area contributed by atoms with E-state index >= 15 is 0 Å². The third-order valence-electron chi connectivity index (χ3n) is 1.36. The summed E-state index contributed by atoms with van der Waals surface area (Å²) in [5.74, 6) is -2.94. The number of rotatable bonds is 2. The lowest BCUT2D eigenvalue weighted by Crippen LogP contribution is -2.18. The molecule has 0 heterocycles. The number of hydrogen-bond donors (Lipinski definition) is 0. The molecule has 1 aromatic carbocycles. The molecule has 0 aromatic heterocycles. The summed E-state index contributed by atoms with van der Waals surface area (Å²) in [6, 6.07) is 2.86. The zero-order valence-electron chi connectivity index (χ0n) is 6.46. The van der Waals surface area contributed by atoms with Crippen LogP contribution in [0.4, 0.5) is 8.78 Å². The summed E-state index contributed by atoms with van der Waals surface area (Å²) in [5, 5.41) is 9.96. The lowest BCUT2D eigenvalue weighted by molar-refractivity contribution is -0.297. The van der Waals surface area contributed by atoms with Crippen LogP contribution in [0.25, 0.3) is 6.08 Å². The maximum Gasteiger partial charge on any atom is 0.133 e. The van der Waals surface area contributed by atoms with Gasteiger partial charge in [0.05, 0.1) is 5.97 Å². The Bertz CT molecular complexity index is 359. The number of carbonyl (C=O) groups is 1. The minimum Gasteiger partial charge on any atom is -0.545 e. The summed E-state index contributed by atoms with van der Waals surface area (Å²) >= 11 is 0. The first-order valence-corrected chi connectivity index (χ1v) is 3.43. The first-order valence-electron chi connectivity index (χ1n) is 3.43. The molecule has 0 unspecified atom stereocenters. The molecule has 0 fully saturated rings. The first kappa shape index (κ1) is 9.38. The van der Waals surface area contributed by atoms with Crippen molar-refractivity contribution in [1.82, 2.24) is 0 Å². The largest absolute Gasteiger partial charge is 0.545 e. The van der Waals surface area contributed by atoms with Crippen LogP contribution in [0.2, 0.25) is 0 Å². The zero-order valence-corrected chi connectivity index (χ0v) is 6.46. The van der Waals surface area contributed by atoms with Gasteiger partial charge in [0, 0.05) is 11.6 Å². The monoisotopic (exact) mass is 183 g/mol. The molecule has 0 saturated heterocycles. The molecule has 0 atom stereocenters. The summed E-state index contributed by atoms with van der Waals surface area (Å²) in [7, 11) is 0. The zero-order chi connectivity index (χ0) is 9.84. The fourth-order valence-corrected chi connectivity index (χ4v) is 0.794. The Morgan fingerprint density at radius 2 is 2.08 bits per heavy atom. The van der Waals surface area contributed by atoms with Crippen molar-refractivity contribution >= 4 is 12.0 Å². The minimum atomic E-state index is -1.43. The lowest BCUT2D eigenvalue weighted by atomic mass is 10.2. The molecule has 1 aromatic rings. The number of halogens is 2. The van der Waals surface area contributed by atoms with E-state index < -0.39 is 17.6 Å². The van der Waals surface area contributed by atoms with Gasteiger partial charge < -0.3 is 9.90 Å². The normalized spacial score (nSPS) is 10.6. The smallest absolute Gasteiger partial charge is 0.133 e. The van der Waals surface area contributed by atoms with Crippen molar-refractivity contribution < 1.29 is 18.7 Å². The molecule has 0 bridgehead atoms. The van der Waals surface area contributed by atoms with Gasteiger partial charge >= 0.3 is 0 Å². The summed E-state index contributed by atoms with van der Waals surface area (Å²) < 4.78 is 25.1. The Hall–Kier alpha value is -1.71. The van der Waals surface area contributed by atoms with Gasteiger partial charge in [0.1, 0.15) is 11.6 Å². The summed E-state index contributed by atoms with van der Waals surface area (Å²) in [6.07, 6.45) is 1.68. The molecule has 1 rings (SSSR count). The Morgan fingerprint density at radius 1 is 1.38 bits per heavy atom. The third kappa shape index (κ3) is 2.66. The van der Waals surface area contributed by atoms with Crippen LogP contribution in [-0.2, 0) is 4.79 Å². The Labute approximate surface area is 73.1 Å². The van der Waals surface area contributed by atoms with Crippen molar-refractivity contribution in [2.45, 2.75) is 0 Å². The van der Waals surface area contributed by atoms with E-state index in [1.54, 1.807) is 0 Å². The number of carboxylic acid groups (broad SMARTS) is 1. The highest BCUT2D eigenvalue weighted by atomic mass is 19.1. The maximum atomic E-state index is 12.8. The fraction of sp³-hybridized carbons (Fsp3) is 0. The van der Waals surface area contributed by atoms with E-state index in [-0.39, 0.29) is 5.56 Å². The summed E-state index contributed by atoms with van der Waals surface area (Å²) in [6.45, 7) is 0. The van der Waals surface area contributed by atoms with Gasteiger partial charge in [-0.05, 0) is 18.2 Å². The second-order valence-electron chi connectivity index (χ2n) is 2.32. The number of hydrogen-bond acceptors (Lipinski definition) is 2. The van der Waals surface area contributed by atoms with E-state index in [4.69, 9.17) is 0 Å². The van der Waals surface area contributed by atoms with Gasteiger partial charge in [0.15, 0.2) is 0 Å². The molecular formula is C9H5F2O2-. The quantitative estimate of drug-likeness (QED) is 0.634. The van der Waals surface area contributed by atoms with E-state index in [1.165, 1.54) is 0 Å². The predicted octanol–water partition coefficient (Wildman–Crippen LogP) is 0.728. The molecule has 0 aliphatic carbocycles. The van der Waals surface area contributed by atoms with Crippen LogP contribution in [-0.4, -0.2) is 5.97 Å². The van der Waals surface area contributed by atoms with E-state index in [9.17, 15) is 18.7 Å². The molecule has 0 spiro atoms. The van der Waals surface area contributed by atoms with Crippen molar-refractivity contribution in [3.05, 3.63) is 41.5 Å². The highest BCUT2D eigenvalue weighted by molar-refractivity contribution is 5.83. The predicted molar refractivity (Wildman–Crippen MR) is 40.4 cm³/mol. The summed E-state index contributed by atoms with van der Waals surface area (Å²) in [4.78, 5) is 9.96. The second kappa shape index (κ2) is 3.80. The van der Waals surface area contributed by atoms with Gasteiger partial charge in [-0.3, -0.25) is 0 Å². The van der Waals surface area contributed by atoms with Crippen LogP contribution >= 0.6 is 0 Å². The highest BCUT2D eigenvalue weighted by Gasteiger charge is 1.99. The number of aliphatic carboxylic acids is 1.